The van der Waals surface area contributed by atoms with Gasteiger partial charge in [-0.1, -0.05) is 34.1 Å². The number of unbranched alkanes of at least 4 members (excludes halogenated alkanes) is 1. The highest BCUT2D eigenvalue weighted by molar-refractivity contribution is 5.95. The van der Waals surface area contributed by atoms with E-state index >= 15 is 0 Å². The minimum Gasteiger partial charge on any atom is -0.480 e. The van der Waals surface area contributed by atoms with E-state index in [1.807, 2.05) is 13.8 Å². The number of hydrogen-bond acceptors (Lipinski definition) is 7. The van der Waals surface area contributed by atoms with Crippen LogP contribution in [0.2, 0.25) is 0 Å². The lowest BCUT2D eigenvalue weighted by Gasteiger charge is -2.27. The largest absolute Gasteiger partial charge is 0.480 e. The Bertz CT molecular complexity index is 686. The van der Waals surface area contributed by atoms with Crippen LogP contribution in [0.1, 0.15) is 59.8 Å². The standard InChI is InChI=1S/C21H40N6O6/c1-5-12(4)16(24)19(30)27-17(11(2)3)20(31)25-13(8-6-7-9-22)18(29)26-14(21(32)33)10-15(23)28/h11-14,16-17H,5-10,22,24H2,1-4H3,(H2,23,28)(H,25,31)(H,26,29)(H,27,30)(H,32,33). The zero-order valence-electron chi connectivity index (χ0n) is 19.9. The van der Waals surface area contributed by atoms with E-state index < -0.39 is 60.2 Å². The van der Waals surface area contributed by atoms with Gasteiger partial charge in [0.15, 0.2) is 0 Å². The number of hydrogen-bond donors (Lipinski definition) is 7. The van der Waals surface area contributed by atoms with E-state index in [4.69, 9.17) is 17.2 Å². The highest BCUT2D eigenvalue weighted by Gasteiger charge is 2.32. The van der Waals surface area contributed by atoms with Gasteiger partial charge in [-0.3, -0.25) is 19.2 Å². The van der Waals surface area contributed by atoms with Crippen molar-refractivity contribution in [3.05, 3.63) is 0 Å². The Labute approximate surface area is 194 Å². The van der Waals surface area contributed by atoms with E-state index in [0.717, 1.165) is 0 Å². The first-order chi connectivity index (χ1) is 15.3. The van der Waals surface area contributed by atoms with Gasteiger partial charge in [-0.15, -0.1) is 0 Å². The summed E-state index contributed by atoms with van der Waals surface area (Å²) in [6, 6.07) is -4.38. The first kappa shape index (κ1) is 30.3. The Morgan fingerprint density at radius 2 is 1.45 bits per heavy atom. The summed E-state index contributed by atoms with van der Waals surface area (Å²) in [7, 11) is 0. The number of aliphatic carboxylic acids is 1. The number of nitrogens with two attached hydrogens (primary N) is 3. The molecule has 5 atom stereocenters. The molecule has 0 saturated heterocycles. The maximum absolute atomic E-state index is 13.0. The van der Waals surface area contributed by atoms with E-state index in [0.29, 0.717) is 25.8 Å². The number of primary amides is 1. The van der Waals surface area contributed by atoms with Crippen molar-refractivity contribution in [2.24, 2.45) is 29.0 Å². The number of carbonyl (C=O) groups is 5. The summed E-state index contributed by atoms with van der Waals surface area (Å²) >= 11 is 0. The van der Waals surface area contributed by atoms with Gasteiger partial charge in [0.05, 0.1) is 12.5 Å². The molecule has 0 aliphatic rings. The van der Waals surface area contributed by atoms with Gasteiger partial charge < -0.3 is 38.3 Å². The smallest absolute Gasteiger partial charge is 0.326 e. The van der Waals surface area contributed by atoms with Crippen molar-refractivity contribution in [1.82, 2.24) is 16.0 Å². The summed E-state index contributed by atoms with van der Waals surface area (Å²) in [4.78, 5) is 60.7. The van der Waals surface area contributed by atoms with Crippen LogP contribution in [-0.4, -0.2) is 65.4 Å². The van der Waals surface area contributed by atoms with Crippen molar-refractivity contribution in [3.8, 4) is 0 Å². The van der Waals surface area contributed by atoms with Crippen molar-refractivity contribution in [2.45, 2.75) is 84.0 Å². The van der Waals surface area contributed by atoms with E-state index in [-0.39, 0.29) is 18.3 Å². The number of amides is 4. The molecule has 5 unspecified atom stereocenters. The maximum atomic E-state index is 13.0. The molecule has 0 spiro atoms. The van der Waals surface area contributed by atoms with Crippen molar-refractivity contribution in [2.75, 3.05) is 6.54 Å². The summed E-state index contributed by atoms with van der Waals surface area (Å²) in [6.45, 7) is 7.57. The van der Waals surface area contributed by atoms with E-state index in [2.05, 4.69) is 16.0 Å². The van der Waals surface area contributed by atoms with Gasteiger partial charge in [-0.25, -0.2) is 4.79 Å². The van der Waals surface area contributed by atoms with Crippen LogP contribution in [0.4, 0.5) is 0 Å². The first-order valence-corrected chi connectivity index (χ1v) is 11.2. The van der Waals surface area contributed by atoms with Gasteiger partial charge in [-0.05, 0) is 37.6 Å². The van der Waals surface area contributed by atoms with Crippen LogP contribution in [0, 0.1) is 11.8 Å². The van der Waals surface area contributed by atoms with E-state index in [9.17, 15) is 29.1 Å². The van der Waals surface area contributed by atoms with Crippen molar-refractivity contribution in [1.29, 1.82) is 0 Å². The summed E-state index contributed by atoms with van der Waals surface area (Å²) in [6.07, 6.45) is 1.34. The molecule has 0 aromatic rings. The van der Waals surface area contributed by atoms with Crippen LogP contribution in [0.25, 0.3) is 0 Å². The zero-order valence-corrected chi connectivity index (χ0v) is 19.9. The quantitative estimate of drug-likeness (QED) is 0.131. The Kier molecular flexibility index (Phi) is 13.9. The number of carbonyl (C=O) groups excluding carboxylic acids is 4. The lowest BCUT2D eigenvalue weighted by atomic mass is 9.97. The van der Waals surface area contributed by atoms with Crippen LogP contribution >= 0.6 is 0 Å². The molecule has 0 bridgehead atoms. The topological polar surface area (TPSA) is 220 Å². The zero-order chi connectivity index (χ0) is 25.7. The molecule has 0 heterocycles. The highest BCUT2D eigenvalue weighted by Crippen LogP contribution is 2.09. The number of carboxylic acid groups (broad SMARTS) is 1. The van der Waals surface area contributed by atoms with Gasteiger partial charge in [0.25, 0.3) is 0 Å². The van der Waals surface area contributed by atoms with Gasteiger partial charge >= 0.3 is 5.97 Å². The van der Waals surface area contributed by atoms with Crippen LogP contribution in [0.5, 0.6) is 0 Å². The molecule has 0 rings (SSSR count). The average molecular weight is 473 g/mol. The second-order valence-electron chi connectivity index (χ2n) is 8.56. The third kappa shape index (κ3) is 11.1. The van der Waals surface area contributed by atoms with Crippen molar-refractivity contribution < 1.29 is 29.1 Å². The molecular weight excluding hydrogens is 432 g/mol. The highest BCUT2D eigenvalue weighted by atomic mass is 16.4. The Morgan fingerprint density at radius 1 is 0.879 bits per heavy atom. The van der Waals surface area contributed by atoms with Crippen LogP contribution in [0.3, 0.4) is 0 Å². The summed E-state index contributed by atoms with van der Waals surface area (Å²) < 4.78 is 0. The summed E-state index contributed by atoms with van der Waals surface area (Å²) in [5.41, 5.74) is 16.5. The fraction of sp³-hybridized carbons (Fsp3) is 0.762. The third-order valence-corrected chi connectivity index (χ3v) is 5.41. The van der Waals surface area contributed by atoms with E-state index in [1.54, 1.807) is 13.8 Å². The molecule has 190 valence electrons. The normalized spacial score (nSPS) is 15.6. The molecule has 0 aliphatic carbocycles. The lowest BCUT2D eigenvalue weighted by molar-refractivity contribution is -0.143. The van der Waals surface area contributed by atoms with Crippen LogP contribution in [-0.2, 0) is 24.0 Å². The number of rotatable bonds is 16. The molecule has 0 radical (unpaired) electrons. The molecule has 0 aromatic carbocycles. The molecule has 10 N–H and O–H groups in total. The number of carboxylic acids is 1. The van der Waals surface area contributed by atoms with Crippen molar-refractivity contribution >= 4 is 29.6 Å². The van der Waals surface area contributed by atoms with E-state index in [1.165, 1.54) is 0 Å². The van der Waals surface area contributed by atoms with Gasteiger partial charge in [0.1, 0.15) is 18.1 Å². The second kappa shape index (κ2) is 15.2. The van der Waals surface area contributed by atoms with Gasteiger partial charge in [0, 0.05) is 0 Å². The Hall–Kier alpha value is -2.73. The minimum atomic E-state index is -1.53. The molecule has 0 fully saturated rings. The molecule has 0 saturated carbocycles. The molecule has 0 aliphatic heterocycles. The molecule has 4 amide bonds. The Morgan fingerprint density at radius 3 is 1.91 bits per heavy atom. The molecular formula is C21H40N6O6. The van der Waals surface area contributed by atoms with Crippen molar-refractivity contribution in [3.63, 3.8) is 0 Å². The van der Waals surface area contributed by atoms with Crippen LogP contribution in [0.15, 0.2) is 0 Å². The first-order valence-electron chi connectivity index (χ1n) is 11.2. The fourth-order valence-electron chi connectivity index (χ4n) is 2.99. The fourth-order valence-corrected chi connectivity index (χ4v) is 2.99. The van der Waals surface area contributed by atoms with Gasteiger partial charge in [-0.2, -0.15) is 0 Å². The maximum Gasteiger partial charge on any atom is 0.326 e. The lowest BCUT2D eigenvalue weighted by Crippen LogP contribution is -2.59. The van der Waals surface area contributed by atoms with Gasteiger partial charge in [0.2, 0.25) is 23.6 Å². The average Bonchev–Trinajstić information content (AvgIpc) is 2.74. The molecule has 33 heavy (non-hydrogen) atoms. The third-order valence-electron chi connectivity index (χ3n) is 5.41. The molecule has 12 nitrogen and oxygen atoms in total. The van der Waals surface area contributed by atoms with Crippen LogP contribution < -0.4 is 33.2 Å². The predicted molar refractivity (Wildman–Crippen MR) is 122 cm³/mol. The Balaban J connectivity index is 5.49. The monoisotopic (exact) mass is 472 g/mol. The molecule has 0 aromatic heterocycles. The summed E-state index contributed by atoms with van der Waals surface area (Å²) in [5, 5.41) is 16.7. The minimum absolute atomic E-state index is 0.0890. The SMILES string of the molecule is CCC(C)C(N)C(=O)NC(C(=O)NC(CCCCN)C(=O)NC(CC(N)=O)C(=O)O)C(C)C. The molecule has 12 heteroatoms. The predicted octanol–water partition coefficient (Wildman–Crippen LogP) is -1.44. The second-order valence-corrected chi connectivity index (χ2v) is 8.56. The number of nitrogens with one attached hydrogen (secondary N) is 3. The summed E-state index contributed by atoms with van der Waals surface area (Å²) in [5.74, 6) is -4.59.